The zero-order valence-corrected chi connectivity index (χ0v) is 19.0. The highest BCUT2D eigenvalue weighted by Crippen LogP contribution is 2.28. The molecule has 3 rings (SSSR count). The molecule has 0 aromatic heterocycles. The van der Waals surface area contributed by atoms with Crippen molar-refractivity contribution in [2.45, 2.75) is 30.7 Å². The molecule has 1 aliphatic heterocycles. The Morgan fingerprint density at radius 2 is 1.71 bits per heavy atom. The van der Waals surface area contributed by atoms with Gasteiger partial charge in [-0.05, 0) is 42.7 Å². The summed E-state index contributed by atoms with van der Waals surface area (Å²) in [4.78, 5) is 24.2. The van der Waals surface area contributed by atoms with E-state index in [2.05, 4.69) is 5.32 Å². The molecule has 2 aromatic rings. The molecular weight excluding hydrogens is 463 g/mol. The summed E-state index contributed by atoms with van der Waals surface area (Å²) in [6.07, 6.45) is 2.54. The Morgan fingerprint density at radius 1 is 1.00 bits per heavy atom. The molecule has 0 atom stereocenters. The monoisotopic (exact) mass is 484 g/mol. The van der Waals surface area contributed by atoms with E-state index < -0.39 is 28.5 Å². The van der Waals surface area contributed by atoms with E-state index >= 15 is 0 Å². The van der Waals surface area contributed by atoms with Crippen LogP contribution in [0.1, 0.15) is 35.2 Å². The number of nitrogens with zero attached hydrogens (tertiary/aromatic N) is 1. The summed E-state index contributed by atoms with van der Waals surface area (Å²) >= 11 is 12.1. The third-order valence-electron chi connectivity index (χ3n) is 4.87. The molecule has 0 unspecified atom stereocenters. The number of hydrogen-bond donors (Lipinski definition) is 1. The SMILES string of the molecule is O=C(COC(=O)c1ccc(Cl)c(S(=O)(=O)N2CCCCC2)c1)NCc1ccccc1Cl. The number of benzene rings is 2. The summed E-state index contributed by atoms with van der Waals surface area (Å²) in [5.74, 6) is -1.33. The van der Waals surface area contributed by atoms with Crippen LogP contribution in [0, 0.1) is 0 Å². The lowest BCUT2D eigenvalue weighted by Crippen LogP contribution is -2.35. The lowest BCUT2D eigenvalue weighted by Gasteiger charge is -2.26. The second kappa shape index (κ2) is 10.5. The fraction of sp³-hybridized carbons (Fsp3) is 0.333. The predicted octanol–water partition coefficient (Wildman–Crippen LogP) is 3.64. The number of carbonyl (C=O) groups excluding carboxylic acids is 2. The summed E-state index contributed by atoms with van der Waals surface area (Å²) < 4.78 is 32.2. The molecule has 0 bridgehead atoms. The number of carbonyl (C=O) groups is 2. The van der Waals surface area contributed by atoms with Gasteiger partial charge in [-0.1, -0.05) is 47.8 Å². The normalized spacial score (nSPS) is 14.8. The van der Waals surface area contributed by atoms with Gasteiger partial charge in [-0.3, -0.25) is 4.79 Å². The molecule has 1 aliphatic rings. The van der Waals surface area contributed by atoms with E-state index in [4.69, 9.17) is 27.9 Å². The Balaban J connectivity index is 1.62. The van der Waals surface area contributed by atoms with Crippen molar-refractivity contribution in [3.63, 3.8) is 0 Å². The molecule has 1 amide bonds. The summed E-state index contributed by atoms with van der Waals surface area (Å²) in [5.41, 5.74) is 0.730. The summed E-state index contributed by atoms with van der Waals surface area (Å²) in [6.45, 7) is 0.507. The number of esters is 1. The minimum absolute atomic E-state index is 0.00103. The zero-order chi connectivity index (χ0) is 22.4. The zero-order valence-electron chi connectivity index (χ0n) is 16.6. The Labute approximate surface area is 191 Å². The van der Waals surface area contributed by atoms with Crippen LogP contribution in [0.5, 0.6) is 0 Å². The highest BCUT2D eigenvalue weighted by molar-refractivity contribution is 7.89. The van der Waals surface area contributed by atoms with Crippen LogP contribution in [-0.4, -0.2) is 44.3 Å². The summed E-state index contributed by atoms with van der Waals surface area (Å²) in [7, 11) is -3.82. The third-order valence-corrected chi connectivity index (χ3v) is 7.62. The van der Waals surface area contributed by atoms with Crippen LogP contribution in [0.3, 0.4) is 0 Å². The Morgan fingerprint density at radius 3 is 2.42 bits per heavy atom. The number of hydrogen-bond acceptors (Lipinski definition) is 5. The van der Waals surface area contributed by atoms with Crippen LogP contribution in [0.15, 0.2) is 47.4 Å². The van der Waals surface area contributed by atoms with Gasteiger partial charge in [-0.15, -0.1) is 0 Å². The van der Waals surface area contributed by atoms with Crippen molar-refractivity contribution >= 4 is 45.1 Å². The number of amides is 1. The number of nitrogens with one attached hydrogen (secondary N) is 1. The lowest BCUT2D eigenvalue weighted by atomic mass is 10.2. The highest BCUT2D eigenvalue weighted by Gasteiger charge is 2.29. The molecule has 1 saturated heterocycles. The second-order valence-electron chi connectivity index (χ2n) is 7.05. The Hall–Kier alpha value is -2.13. The van der Waals surface area contributed by atoms with E-state index in [1.54, 1.807) is 24.3 Å². The molecule has 166 valence electrons. The van der Waals surface area contributed by atoms with Gasteiger partial charge in [-0.2, -0.15) is 4.31 Å². The fourth-order valence-electron chi connectivity index (χ4n) is 3.17. The van der Waals surface area contributed by atoms with Gasteiger partial charge in [0, 0.05) is 24.7 Å². The molecule has 0 saturated carbocycles. The smallest absolute Gasteiger partial charge is 0.338 e. The van der Waals surface area contributed by atoms with Crippen molar-refractivity contribution in [3.05, 3.63) is 63.6 Å². The number of sulfonamides is 1. The van der Waals surface area contributed by atoms with Crippen LogP contribution in [0.25, 0.3) is 0 Å². The maximum Gasteiger partial charge on any atom is 0.338 e. The van der Waals surface area contributed by atoms with Gasteiger partial charge in [0.25, 0.3) is 5.91 Å². The average Bonchev–Trinajstić information content (AvgIpc) is 2.77. The first kappa shape index (κ1) is 23.5. The average molecular weight is 485 g/mol. The lowest BCUT2D eigenvalue weighted by molar-refractivity contribution is -0.124. The standard InChI is InChI=1S/C21H22Cl2N2O5S/c22-17-7-3-2-6-16(17)13-24-20(26)14-30-21(27)15-8-9-18(23)19(12-15)31(28,29)25-10-4-1-5-11-25/h2-3,6-9,12H,1,4-5,10-11,13-14H2,(H,24,26). The number of halogens is 2. The molecule has 0 radical (unpaired) electrons. The van der Waals surface area contributed by atoms with Crippen LogP contribution >= 0.6 is 23.2 Å². The van der Waals surface area contributed by atoms with E-state index in [0.717, 1.165) is 24.8 Å². The van der Waals surface area contributed by atoms with Crippen molar-refractivity contribution in [1.29, 1.82) is 0 Å². The maximum absolute atomic E-state index is 12.9. The second-order valence-corrected chi connectivity index (χ2v) is 9.77. The Kier molecular flexibility index (Phi) is 7.94. The first-order valence-corrected chi connectivity index (χ1v) is 12.0. The van der Waals surface area contributed by atoms with Crippen LogP contribution in [-0.2, 0) is 26.1 Å². The first-order chi connectivity index (χ1) is 14.8. The molecule has 0 spiro atoms. The molecule has 2 aromatic carbocycles. The van der Waals surface area contributed by atoms with Crippen molar-refractivity contribution in [2.24, 2.45) is 0 Å². The van der Waals surface area contributed by atoms with Gasteiger partial charge < -0.3 is 10.1 Å². The molecule has 31 heavy (non-hydrogen) atoms. The minimum Gasteiger partial charge on any atom is -0.452 e. The van der Waals surface area contributed by atoms with Crippen molar-refractivity contribution in [2.75, 3.05) is 19.7 Å². The third kappa shape index (κ3) is 5.98. The topological polar surface area (TPSA) is 92.8 Å². The Bertz CT molecular complexity index is 1070. The van der Waals surface area contributed by atoms with Crippen LogP contribution < -0.4 is 5.32 Å². The van der Waals surface area contributed by atoms with Gasteiger partial charge in [0.15, 0.2) is 6.61 Å². The van der Waals surface area contributed by atoms with E-state index in [1.165, 1.54) is 22.5 Å². The minimum atomic E-state index is -3.82. The number of rotatable bonds is 7. The molecular formula is C21H22Cl2N2O5S. The first-order valence-electron chi connectivity index (χ1n) is 9.76. The van der Waals surface area contributed by atoms with E-state index in [0.29, 0.717) is 18.1 Å². The number of piperidine rings is 1. The molecule has 1 fully saturated rings. The maximum atomic E-state index is 12.9. The fourth-order valence-corrected chi connectivity index (χ4v) is 5.39. The van der Waals surface area contributed by atoms with Crippen molar-refractivity contribution < 1.29 is 22.7 Å². The van der Waals surface area contributed by atoms with Crippen molar-refractivity contribution in [1.82, 2.24) is 9.62 Å². The van der Waals surface area contributed by atoms with E-state index in [9.17, 15) is 18.0 Å². The molecule has 0 aliphatic carbocycles. The molecule has 7 nitrogen and oxygen atoms in total. The summed E-state index contributed by atoms with van der Waals surface area (Å²) in [6, 6.07) is 10.9. The van der Waals surface area contributed by atoms with E-state index in [-0.39, 0.29) is 22.0 Å². The highest BCUT2D eigenvalue weighted by atomic mass is 35.5. The molecule has 1 heterocycles. The van der Waals surface area contributed by atoms with Crippen LogP contribution in [0.4, 0.5) is 0 Å². The molecule has 10 heteroatoms. The van der Waals surface area contributed by atoms with Crippen molar-refractivity contribution in [3.8, 4) is 0 Å². The molecule has 1 N–H and O–H groups in total. The largest absolute Gasteiger partial charge is 0.452 e. The van der Waals surface area contributed by atoms with E-state index in [1.807, 2.05) is 0 Å². The van der Waals surface area contributed by atoms with Gasteiger partial charge in [0.1, 0.15) is 4.90 Å². The number of ether oxygens (including phenoxy) is 1. The van der Waals surface area contributed by atoms with Gasteiger partial charge in [0.2, 0.25) is 10.0 Å². The summed E-state index contributed by atoms with van der Waals surface area (Å²) in [5, 5.41) is 3.15. The predicted molar refractivity (Wildman–Crippen MR) is 118 cm³/mol. The van der Waals surface area contributed by atoms with Crippen LogP contribution in [0.2, 0.25) is 10.0 Å². The van der Waals surface area contributed by atoms with Gasteiger partial charge in [0.05, 0.1) is 10.6 Å². The van der Waals surface area contributed by atoms with Gasteiger partial charge in [-0.25, -0.2) is 13.2 Å². The van der Waals surface area contributed by atoms with Gasteiger partial charge >= 0.3 is 5.97 Å². The quantitative estimate of drug-likeness (QED) is 0.605.